The number of nitrogen functional groups attached to an aromatic ring is 1. The van der Waals surface area contributed by atoms with Gasteiger partial charge in [-0.2, -0.15) is 0 Å². The topological polar surface area (TPSA) is 52.3 Å². The van der Waals surface area contributed by atoms with E-state index in [0.29, 0.717) is 33.5 Å². The van der Waals surface area contributed by atoms with E-state index in [1.807, 2.05) is 13.8 Å². The van der Waals surface area contributed by atoms with E-state index in [1.54, 1.807) is 24.3 Å². The van der Waals surface area contributed by atoms with Gasteiger partial charge in [0.25, 0.3) is 0 Å². The lowest BCUT2D eigenvalue weighted by molar-refractivity contribution is 0.111. The van der Waals surface area contributed by atoms with Crippen molar-refractivity contribution in [2.24, 2.45) is 0 Å². The minimum Gasteiger partial charge on any atom is -0.488 e. The van der Waals surface area contributed by atoms with E-state index in [4.69, 9.17) is 33.7 Å². The average Bonchev–Trinajstić information content (AvgIpc) is 2.54. The molecule has 0 aliphatic carbocycles. The minimum absolute atomic E-state index is 0.245. The average molecular weight is 352 g/mol. The zero-order valence-corrected chi connectivity index (χ0v) is 14.7. The molecule has 5 heteroatoms. The number of aryl methyl sites for hydroxylation is 1. The van der Waals surface area contributed by atoms with Crippen LogP contribution in [0.15, 0.2) is 24.3 Å². The number of nitrogens with two attached hydrogens (primary N) is 1. The van der Waals surface area contributed by atoms with Gasteiger partial charge < -0.3 is 10.5 Å². The number of halogens is 2. The molecule has 23 heavy (non-hydrogen) atoms. The molecule has 0 aromatic heterocycles. The van der Waals surface area contributed by atoms with Crippen molar-refractivity contribution in [3.8, 4) is 5.75 Å². The third-order valence-electron chi connectivity index (χ3n) is 3.79. The van der Waals surface area contributed by atoms with E-state index < -0.39 is 0 Å². The van der Waals surface area contributed by atoms with Gasteiger partial charge in [-0.25, -0.2) is 0 Å². The van der Waals surface area contributed by atoms with Crippen LogP contribution in [0.3, 0.4) is 0 Å². The highest BCUT2D eigenvalue weighted by molar-refractivity contribution is 6.35. The molecule has 0 radical (unpaired) electrons. The number of carbonyl (C=O) groups is 1. The van der Waals surface area contributed by atoms with Crippen molar-refractivity contribution >= 4 is 35.2 Å². The van der Waals surface area contributed by atoms with Crippen molar-refractivity contribution in [2.45, 2.75) is 33.3 Å². The second-order valence-electron chi connectivity index (χ2n) is 5.20. The Morgan fingerprint density at radius 3 is 2.43 bits per heavy atom. The Bertz CT molecular complexity index is 729. The third kappa shape index (κ3) is 3.80. The Morgan fingerprint density at radius 2 is 1.87 bits per heavy atom. The lowest BCUT2D eigenvalue weighted by Crippen LogP contribution is -2.07. The van der Waals surface area contributed by atoms with E-state index in [9.17, 15) is 4.79 Å². The number of aldehydes is 1. The summed E-state index contributed by atoms with van der Waals surface area (Å²) in [7, 11) is 0. The van der Waals surface area contributed by atoms with Crippen molar-refractivity contribution < 1.29 is 9.53 Å². The van der Waals surface area contributed by atoms with E-state index in [1.165, 1.54) is 0 Å². The van der Waals surface area contributed by atoms with Crippen LogP contribution in [0.2, 0.25) is 10.0 Å². The number of anilines is 1. The minimum atomic E-state index is 0.245. The van der Waals surface area contributed by atoms with Gasteiger partial charge in [0.1, 0.15) is 12.4 Å². The summed E-state index contributed by atoms with van der Waals surface area (Å²) < 4.78 is 5.90. The second-order valence-corrected chi connectivity index (χ2v) is 6.04. The fourth-order valence-corrected chi connectivity index (χ4v) is 2.97. The molecule has 122 valence electrons. The van der Waals surface area contributed by atoms with Crippen LogP contribution in [-0.2, 0) is 19.4 Å². The Morgan fingerprint density at radius 1 is 1.13 bits per heavy atom. The predicted molar refractivity (Wildman–Crippen MR) is 95.8 cm³/mol. The van der Waals surface area contributed by atoms with Gasteiger partial charge in [-0.1, -0.05) is 43.1 Å². The number of ether oxygens (including phenoxy) is 1. The molecule has 0 unspecified atom stereocenters. The standard InChI is InChI=1S/C18H19Cl2NO2/c1-3-11-7-13(9-22)18(15(4-2)17(11)21)23-10-12-5-6-14(19)8-16(12)20/h5-9H,3-4,10,21H2,1-2H3. The molecule has 2 rings (SSSR count). The molecular weight excluding hydrogens is 333 g/mol. The van der Waals surface area contributed by atoms with Gasteiger partial charge in [0.2, 0.25) is 0 Å². The normalized spacial score (nSPS) is 10.6. The van der Waals surface area contributed by atoms with Crippen molar-refractivity contribution in [1.29, 1.82) is 0 Å². The second kappa shape index (κ2) is 7.71. The first-order chi connectivity index (χ1) is 11.0. The molecule has 2 aromatic carbocycles. The summed E-state index contributed by atoms with van der Waals surface area (Å²) in [6.45, 7) is 4.24. The van der Waals surface area contributed by atoms with Crippen LogP contribution in [0.25, 0.3) is 0 Å². The van der Waals surface area contributed by atoms with Crippen LogP contribution in [0, 0.1) is 0 Å². The third-order valence-corrected chi connectivity index (χ3v) is 4.37. The fraction of sp³-hybridized carbons (Fsp3) is 0.278. The first kappa shape index (κ1) is 17.6. The Kier molecular flexibility index (Phi) is 5.91. The largest absolute Gasteiger partial charge is 0.488 e. The van der Waals surface area contributed by atoms with Crippen molar-refractivity contribution in [2.75, 3.05) is 5.73 Å². The van der Waals surface area contributed by atoms with Crippen molar-refractivity contribution in [1.82, 2.24) is 0 Å². The zero-order valence-electron chi connectivity index (χ0n) is 13.2. The molecule has 0 saturated heterocycles. The van der Waals surface area contributed by atoms with E-state index in [2.05, 4.69) is 0 Å². The number of carbonyl (C=O) groups excluding carboxylic acids is 1. The van der Waals surface area contributed by atoms with E-state index in [-0.39, 0.29) is 6.61 Å². The van der Waals surface area contributed by atoms with Crippen LogP contribution in [0.1, 0.15) is 40.9 Å². The van der Waals surface area contributed by atoms with Gasteiger partial charge >= 0.3 is 0 Å². The molecule has 0 fully saturated rings. The van der Waals surface area contributed by atoms with Crippen LogP contribution < -0.4 is 10.5 Å². The molecule has 0 aliphatic heterocycles. The summed E-state index contributed by atoms with van der Waals surface area (Å²) in [6.07, 6.45) is 2.25. The SMILES string of the molecule is CCc1cc(C=O)c(OCc2ccc(Cl)cc2Cl)c(CC)c1N. The fourth-order valence-electron chi connectivity index (χ4n) is 2.51. The smallest absolute Gasteiger partial charge is 0.153 e. The van der Waals surface area contributed by atoms with Gasteiger partial charge in [-0.15, -0.1) is 0 Å². The molecule has 2 N–H and O–H groups in total. The molecule has 0 amide bonds. The molecule has 0 bridgehead atoms. The van der Waals surface area contributed by atoms with Crippen LogP contribution in [-0.4, -0.2) is 6.29 Å². The van der Waals surface area contributed by atoms with Gasteiger partial charge in [0.15, 0.2) is 6.29 Å². The molecule has 2 aromatic rings. The Hall–Kier alpha value is -1.71. The number of hydrogen-bond donors (Lipinski definition) is 1. The Balaban J connectivity index is 2.38. The first-order valence-electron chi connectivity index (χ1n) is 7.47. The number of rotatable bonds is 6. The Labute approximate surface area is 146 Å². The summed E-state index contributed by atoms with van der Waals surface area (Å²) in [6, 6.07) is 7.01. The van der Waals surface area contributed by atoms with Gasteiger partial charge in [-0.3, -0.25) is 4.79 Å². The van der Waals surface area contributed by atoms with Crippen LogP contribution >= 0.6 is 23.2 Å². The summed E-state index contributed by atoms with van der Waals surface area (Å²) in [5.74, 6) is 0.531. The first-order valence-corrected chi connectivity index (χ1v) is 8.23. The lowest BCUT2D eigenvalue weighted by Gasteiger charge is -2.18. The van der Waals surface area contributed by atoms with E-state index in [0.717, 1.165) is 29.4 Å². The number of hydrogen-bond acceptors (Lipinski definition) is 3. The van der Waals surface area contributed by atoms with Crippen molar-refractivity contribution in [3.63, 3.8) is 0 Å². The lowest BCUT2D eigenvalue weighted by atomic mass is 9.98. The maximum Gasteiger partial charge on any atom is 0.153 e. The molecule has 0 atom stereocenters. The molecule has 3 nitrogen and oxygen atoms in total. The molecule has 0 aliphatic rings. The summed E-state index contributed by atoms with van der Waals surface area (Å²) in [5.41, 5.74) is 10.0. The van der Waals surface area contributed by atoms with Gasteiger partial charge in [0.05, 0.1) is 5.56 Å². The molecule has 0 spiro atoms. The molecule has 0 saturated carbocycles. The van der Waals surface area contributed by atoms with Crippen LogP contribution in [0.4, 0.5) is 5.69 Å². The monoisotopic (exact) mass is 351 g/mol. The maximum atomic E-state index is 11.4. The van der Waals surface area contributed by atoms with Crippen LogP contribution in [0.5, 0.6) is 5.75 Å². The van der Waals surface area contributed by atoms with Gasteiger partial charge in [-0.05, 0) is 36.6 Å². The maximum absolute atomic E-state index is 11.4. The zero-order chi connectivity index (χ0) is 17.0. The summed E-state index contributed by atoms with van der Waals surface area (Å²) >= 11 is 12.1. The quantitative estimate of drug-likeness (QED) is 0.582. The molecule has 0 heterocycles. The molecular formula is C18H19Cl2NO2. The number of benzene rings is 2. The predicted octanol–water partition coefficient (Wildman–Crippen LogP) is 5.09. The highest BCUT2D eigenvalue weighted by atomic mass is 35.5. The summed E-state index contributed by atoms with van der Waals surface area (Å²) in [4.78, 5) is 11.4. The van der Waals surface area contributed by atoms with E-state index >= 15 is 0 Å². The highest BCUT2D eigenvalue weighted by Crippen LogP contribution is 2.33. The van der Waals surface area contributed by atoms with Crippen molar-refractivity contribution in [3.05, 3.63) is 56.6 Å². The highest BCUT2D eigenvalue weighted by Gasteiger charge is 2.16. The van der Waals surface area contributed by atoms with Gasteiger partial charge in [0, 0.05) is 26.9 Å². The summed E-state index contributed by atoms with van der Waals surface area (Å²) in [5, 5.41) is 1.10.